The van der Waals surface area contributed by atoms with Crippen molar-refractivity contribution in [2.24, 2.45) is 5.73 Å². The van der Waals surface area contributed by atoms with E-state index in [4.69, 9.17) is 15.5 Å². The maximum atomic E-state index is 13.3. The minimum absolute atomic E-state index is 0.0354. The van der Waals surface area contributed by atoms with Gasteiger partial charge in [-0.15, -0.1) is 0 Å². The third-order valence-corrected chi connectivity index (χ3v) is 10.2. The molecule has 0 unspecified atom stereocenters. The summed E-state index contributed by atoms with van der Waals surface area (Å²) in [6.45, 7) is 2.09. The summed E-state index contributed by atoms with van der Waals surface area (Å²) >= 11 is 0. The van der Waals surface area contributed by atoms with Crippen LogP contribution in [-0.4, -0.2) is 67.4 Å². The maximum Gasteiger partial charge on any atom is 0.252 e. The second kappa shape index (κ2) is 13.4. The first-order valence-corrected chi connectivity index (χ1v) is 17.4. The van der Waals surface area contributed by atoms with Crippen LogP contribution in [0.5, 0.6) is 0 Å². The Bertz CT molecular complexity index is 1910. The number of ether oxygens (including phenoxy) is 1. The second-order valence-electron chi connectivity index (χ2n) is 13.3. The largest absolute Gasteiger partial charge is 0.368 e. The van der Waals surface area contributed by atoms with Crippen LogP contribution in [0, 0.1) is 0 Å². The van der Waals surface area contributed by atoms with Crippen LogP contribution in [0.25, 0.3) is 33.6 Å². The van der Waals surface area contributed by atoms with Crippen molar-refractivity contribution in [2.75, 3.05) is 19.7 Å². The van der Waals surface area contributed by atoms with Gasteiger partial charge in [0.25, 0.3) is 5.91 Å². The number of carbonyl (C=O) groups is 2. The number of nitrogens with zero attached hydrogens (tertiary/aromatic N) is 4. The summed E-state index contributed by atoms with van der Waals surface area (Å²) in [6.07, 6.45) is 8.80. The zero-order valence-electron chi connectivity index (χ0n) is 27.4. The van der Waals surface area contributed by atoms with Crippen LogP contribution in [0.3, 0.4) is 0 Å². The number of H-pyrrole nitrogens is 2. The molecule has 3 saturated heterocycles. The predicted octanol–water partition coefficient (Wildman–Crippen LogP) is 6.34. The van der Waals surface area contributed by atoms with E-state index in [9.17, 15) is 9.59 Å². The van der Waals surface area contributed by atoms with Crippen LogP contribution in [-0.2, 0) is 14.3 Å². The molecule has 5 aromatic rings. The lowest BCUT2D eigenvalue weighted by atomic mass is 10.0. The van der Waals surface area contributed by atoms with Gasteiger partial charge in [0.2, 0.25) is 5.91 Å². The number of nitrogens with two attached hydrogens (primary N) is 1. The standard InChI is InChI=1S/C39H41N7O3/c40-35(29-7-2-1-3-8-29)39(48)46-21-5-10-33(46)37-42-24-31(44-37)28-18-14-26(15-19-28)25-12-16-27(17-13-25)30-23-41-36(43-30)32-9-4-20-45(32)38(47)34-11-6-22-49-34/h1-3,7-8,12-19,23-24,32-35H,4-6,9-11,20-22,40H2,(H,41,43)(H,42,44)/t32-,33-,34-,35+/m0/s1. The Morgan fingerprint density at radius 1 is 0.694 bits per heavy atom. The molecule has 10 nitrogen and oxygen atoms in total. The minimum Gasteiger partial charge on any atom is -0.368 e. The smallest absolute Gasteiger partial charge is 0.252 e. The average Bonchev–Trinajstić information content (AvgIpc) is 4.00. The Labute approximate surface area is 285 Å². The zero-order valence-corrected chi connectivity index (χ0v) is 27.4. The first-order chi connectivity index (χ1) is 24.0. The van der Waals surface area contributed by atoms with Gasteiger partial charge in [0.1, 0.15) is 23.8 Å². The fourth-order valence-electron chi connectivity index (χ4n) is 7.56. The van der Waals surface area contributed by atoms with E-state index in [1.165, 1.54) is 0 Å². The Balaban J connectivity index is 0.923. The van der Waals surface area contributed by atoms with Crippen LogP contribution >= 0.6 is 0 Å². The molecule has 4 atom stereocenters. The van der Waals surface area contributed by atoms with Crippen LogP contribution in [0.15, 0.2) is 91.3 Å². The summed E-state index contributed by atoms with van der Waals surface area (Å²) in [7, 11) is 0. The van der Waals surface area contributed by atoms with Crippen molar-refractivity contribution in [1.82, 2.24) is 29.7 Å². The van der Waals surface area contributed by atoms with E-state index in [1.54, 1.807) is 0 Å². The van der Waals surface area contributed by atoms with Gasteiger partial charge < -0.3 is 30.2 Å². The highest BCUT2D eigenvalue weighted by atomic mass is 16.5. The molecule has 2 amide bonds. The summed E-state index contributed by atoms with van der Waals surface area (Å²) in [4.78, 5) is 46.6. The number of hydrogen-bond donors (Lipinski definition) is 3. The van der Waals surface area contributed by atoms with Gasteiger partial charge in [0, 0.05) is 19.7 Å². The number of nitrogens with one attached hydrogen (secondary N) is 2. The monoisotopic (exact) mass is 655 g/mol. The molecule has 0 saturated carbocycles. The van der Waals surface area contributed by atoms with Crippen LogP contribution in [0.4, 0.5) is 0 Å². The van der Waals surface area contributed by atoms with Gasteiger partial charge in [0.15, 0.2) is 0 Å². The highest BCUT2D eigenvalue weighted by molar-refractivity contribution is 5.84. The Morgan fingerprint density at radius 2 is 1.22 bits per heavy atom. The molecule has 10 heteroatoms. The normalized spacial score (nSPS) is 21.4. The third kappa shape index (κ3) is 6.18. The number of likely N-dealkylation sites (tertiary alicyclic amines) is 2. The van der Waals surface area contributed by atoms with Crippen molar-refractivity contribution in [3.8, 4) is 33.6 Å². The quantitative estimate of drug-likeness (QED) is 0.179. The van der Waals surface area contributed by atoms with Gasteiger partial charge >= 0.3 is 0 Å². The number of carbonyl (C=O) groups excluding carboxylic acids is 2. The molecule has 5 heterocycles. The Morgan fingerprint density at radius 3 is 1.78 bits per heavy atom. The first kappa shape index (κ1) is 31.2. The van der Waals surface area contributed by atoms with Crippen molar-refractivity contribution in [2.45, 2.75) is 62.8 Å². The topological polar surface area (TPSA) is 133 Å². The van der Waals surface area contributed by atoms with Crippen LogP contribution in [0.2, 0.25) is 0 Å². The fourth-order valence-corrected chi connectivity index (χ4v) is 7.56. The number of imidazole rings is 2. The van der Waals surface area contributed by atoms with Crippen LogP contribution < -0.4 is 5.73 Å². The molecule has 3 fully saturated rings. The summed E-state index contributed by atoms with van der Waals surface area (Å²) < 4.78 is 5.67. The van der Waals surface area contributed by atoms with Crippen molar-refractivity contribution < 1.29 is 14.3 Å². The van der Waals surface area contributed by atoms with E-state index in [2.05, 4.69) is 63.5 Å². The molecule has 0 spiro atoms. The van der Waals surface area contributed by atoms with Crippen LogP contribution in [0.1, 0.15) is 73.9 Å². The molecule has 0 aliphatic carbocycles. The second-order valence-corrected chi connectivity index (χ2v) is 13.3. The highest BCUT2D eigenvalue weighted by Gasteiger charge is 2.37. The van der Waals surface area contributed by atoms with E-state index >= 15 is 0 Å². The molecule has 3 aliphatic heterocycles. The SMILES string of the molecule is N[C@@H](C(=O)N1CCC[C@H]1c1ncc(-c2ccc(-c3ccc(-c4cnc([C@@H]5CCCN5C(=O)[C@@H]5CCCO5)[nH]4)cc3)cc2)[nH]1)c1ccccc1. The number of amides is 2. The van der Waals surface area contributed by atoms with Gasteiger partial charge in [-0.05, 0) is 66.3 Å². The fraction of sp³-hybridized carbons (Fsp3) is 0.333. The van der Waals surface area contributed by atoms with Crippen molar-refractivity contribution in [3.63, 3.8) is 0 Å². The molecule has 0 radical (unpaired) electrons. The molecule has 0 bridgehead atoms. The molecule has 3 aromatic carbocycles. The minimum atomic E-state index is -0.688. The Kier molecular flexibility index (Phi) is 8.57. The lowest BCUT2D eigenvalue weighted by molar-refractivity contribution is -0.142. The van der Waals surface area contributed by atoms with Crippen molar-refractivity contribution in [1.29, 1.82) is 0 Å². The van der Waals surface area contributed by atoms with Gasteiger partial charge in [0.05, 0.1) is 35.9 Å². The zero-order chi connectivity index (χ0) is 33.3. The third-order valence-electron chi connectivity index (χ3n) is 10.2. The number of hydrogen-bond acceptors (Lipinski definition) is 6. The number of rotatable bonds is 8. The number of benzene rings is 3. The molecular weight excluding hydrogens is 614 g/mol. The van der Waals surface area contributed by atoms with Crippen molar-refractivity contribution >= 4 is 11.8 Å². The molecule has 250 valence electrons. The summed E-state index contributed by atoms with van der Waals surface area (Å²) in [6, 6.07) is 25.5. The van der Waals surface area contributed by atoms with Gasteiger partial charge in [-0.1, -0.05) is 78.9 Å². The molecular formula is C39H41N7O3. The van der Waals surface area contributed by atoms with E-state index in [-0.39, 0.29) is 30.0 Å². The molecule has 49 heavy (non-hydrogen) atoms. The van der Waals surface area contributed by atoms with E-state index in [0.29, 0.717) is 13.2 Å². The molecule has 3 aliphatic rings. The lowest BCUT2D eigenvalue weighted by Crippen LogP contribution is -2.38. The van der Waals surface area contributed by atoms with E-state index in [0.717, 1.165) is 95.9 Å². The first-order valence-electron chi connectivity index (χ1n) is 17.4. The molecule has 2 aromatic heterocycles. The summed E-state index contributed by atoms with van der Waals surface area (Å²) in [5, 5.41) is 0. The predicted molar refractivity (Wildman–Crippen MR) is 187 cm³/mol. The average molecular weight is 656 g/mol. The van der Waals surface area contributed by atoms with E-state index < -0.39 is 6.04 Å². The van der Waals surface area contributed by atoms with Gasteiger partial charge in [-0.2, -0.15) is 0 Å². The van der Waals surface area contributed by atoms with Crippen molar-refractivity contribution in [3.05, 3.63) is 108 Å². The van der Waals surface area contributed by atoms with Gasteiger partial charge in [-0.3, -0.25) is 9.59 Å². The van der Waals surface area contributed by atoms with E-state index in [1.807, 2.05) is 52.5 Å². The van der Waals surface area contributed by atoms with Gasteiger partial charge in [-0.25, -0.2) is 9.97 Å². The molecule has 8 rings (SSSR count). The summed E-state index contributed by atoms with van der Waals surface area (Å²) in [5.74, 6) is 1.65. The maximum absolute atomic E-state index is 13.3. The number of aromatic nitrogens is 4. The number of aromatic amines is 2. The Hall–Kier alpha value is -5.06. The summed E-state index contributed by atoms with van der Waals surface area (Å²) in [5.41, 5.74) is 13.3. The lowest BCUT2D eigenvalue weighted by Gasteiger charge is -2.26. The molecule has 4 N–H and O–H groups in total. The highest BCUT2D eigenvalue weighted by Crippen LogP contribution is 2.35.